The maximum absolute atomic E-state index is 11.5. The summed E-state index contributed by atoms with van der Waals surface area (Å²) in [6, 6.07) is 10.6. The van der Waals surface area contributed by atoms with Crippen LogP contribution in [-0.2, 0) is 16.1 Å². The van der Waals surface area contributed by atoms with E-state index in [-0.39, 0.29) is 12.1 Å². The van der Waals surface area contributed by atoms with E-state index in [0.29, 0.717) is 24.3 Å². The molecule has 0 spiro atoms. The number of piperidine rings is 1. The maximum atomic E-state index is 11.5. The Balaban J connectivity index is 1.39. The normalized spacial score (nSPS) is 23.8. The number of nitrogens with zero attached hydrogens (tertiary/aromatic N) is 4. The van der Waals surface area contributed by atoms with Crippen LogP contribution in [0.15, 0.2) is 36.5 Å². The monoisotopic (exact) mass is 467 g/mol. The molecule has 1 aromatic heterocycles. The zero-order chi connectivity index (χ0) is 24.3. The van der Waals surface area contributed by atoms with E-state index < -0.39 is 11.8 Å². The smallest absolute Gasteiger partial charge is 0.225 e. The van der Waals surface area contributed by atoms with Gasteiger partial charge in [-0.3, -0.25) is 9.69 Å². The van der Waals surface area contributed by atoms with Crippen LogP contribution < -0.4 is 10.2 Å². The lowest BCUT2D eigenvalue weighted by atomic mass is 9.93. The number of hydrogen-bond donors (Lipinski definition) is 2. The number of aliphatic hydroxyl groups is 1. The largest absolute Gasteiger partial charge is 0.390 e. The zero-order valence-electron chi connectivity index (χ0n) is 20.6. The highest BCUT2D eigenvalue weighted by Gasteiger charge is 2.37. The van der Waals surface area contributed by atoms with Gasteiger partial charge < -0.3 is 20.1 Å². The lowest BCUT2D eigenvalue weighted by molar-refractivity contribution is -0.115. The lowest BCUT2D eigenvalue weighted by Crippen LogP contribution is -2.41. The highest BCUT2D eigenvalue weighted by Crippen LogP contribution is 2.29. The molecule has 3 heterocycles. The van der Waals surface area contributed by atoms with Gasteiger partial charge in [-0.15, -0.1) is 0 Å². The summed E-state index contributed by atoms with van der Waals surface area (Å²) in [7, 11) is 0. The molecule has 0 aliphatic carbocycles. The Morgan fingerprint density at radius 1 is 1.21 bits per heavy atom. The molecule has 2 aromatic rings. The Hall–Kier alpha value is -2.55. The van der Waals surface area contributed by atoms with E-state index in [0.717, 1.165) is 44.3 Å². The molecule has 0 bridgehead atoms. The van der Waals surface area contributed by atoms with Crippen molar-refractivity contribution < 1.29 is 14.6 Å². The first-order valence-corrected chi connectivity index (χ1v) is 12.2. The molecule has 184 valence electrons. The van der Waals surface area contributed by atoms with E-state index in [4.69, 9.17) is 9.72 Å². The third-order valence-corrected chi connectivity index (χ3v) is 7.03. The first-order chi connectivity index (χ1) is 16.3. The number of benzene rings is 1. The number of carbonyl (C=O) groups excluding carboxylic acids is 1. The first kappa shape index (κ1) is 24.6. The van der Waals surface area contributed by atoms with Gasteiger partial charge in [0.2, 0.25) is 5.95 Å². The van der Waals surface area contributed by atoms with Gasteiger partial charge in [-0.2, -0.15) is 4.98 Å². The summed E-state index contributed by atoms with van der Waals surface area (Å²) >= 11 is 0. The molecule has 8 heteroatoms. The molecule has 4 rings (SSSR count). The minimum Gasteiger partial charge on any atom is -0.390 e. The zero-order valence-corrected chi connectivity index (χ0v) is 20.6. The summed E-state index contributed by atoms with van der Waals surface area (Å²) in [4.78, 5) is 25.0. The molecular formula is C26H37N5O3. The van der Waals surface area contributed by atoms with E-state index in [2.05, 4.69) is 60.2 Å². The Morgan fingerprint density at radius 3 is 2.56 bits per heavy atom. The fraction of sp³-hybridized carbons (Fsp3) is 0.577. The predicted molar refractivity (Wildman–Crippen MR) is 133 cm³/mol. The second-order valence-corrected chi connectivity index (χ2v) is 10.2. The molecule has 0 amide bonds. The van der Waals surface area contributed by atoms with Gasteiger partial charge in [-0.05, 0) is 49.8 Å². The van der Waals surface area contributed by atoms with Crippen LogP contribution in [0.5, 0.6) is 0 Å². The molecule has 1 aromatic carbocycles. The SMILES string of the molecule is CC(C)[C@H]1COC(C=O)N1c1ccnc(N[C@@H](C)c2ccc(CN3CCC(C)(O)CC3)cc2)n1. The van der Waals surface area contributed by atoms with Crippen LogP contribution in [0.3, 0.4) is 0 Å². The van der Waals surface area contributed by atoms with E-state index in [1.54, 1.807) is 6.20 Å². The van der Waals surface area contributed by atoms with E-state index >= 15 is 0 Å². The molecule has 2 fully saturated rings. The van der Waals surface area contributed by atoms with Gasteiger partial charge in [-0.1, -0.05) is 38.1 Å². The number of nitrogens with one attached hydrogen (secondary N) is 1. The highest BCUT2D eigenvalue weighted by molar-refractivity contribution is 5.64. The van der Waals surface area contributed by atoms with E-state index in [1.807, 2.05) is 17.9 Å². The molecule has 2 aliphatic rings. The third-order valence-electron chi connectivity index (χ3n) is 7.03. The van der Waals surface area contributed by atoms with Gasteiger partial charge in [0.05, 0.1) is 24.3 Å². The number of ether oxygens (including phenoxy) is 1. The van der Waals surface area contributed by atoms with Gasteiger partial charge in [0.25, 0.3) is 0 Å². The number of hydrogen-bond acceptors (Lipinski definition) is 8. The van der Waals surface area contributed by atoms with Crippen LogP contribution in [0.2, 0.25) is 0 Å². The number of carbonyl (C=O) groups is 1. The number of aromatic nitrogens is 2. The van der Waals surface area contributed by atoms with Crippen molar-refractivity contribution in [2.24, 2.45) is 5.92 Å². The Morgan fingerprint density at radius 2 is 1.91 bits per heavy atom. The van der Waals surface area contributed by atoms with Gasteiger partial charge in [-0.25, -0.2) is 4.98 Å². The number of anilines is 2. The van der Waals surface area contributed by atoms with Gasteiger partial charge in [0.1, 0.15) is 5.82 Å². The van der Waals surface area contributed by atoms with Crippen molar-refractivity contribution in [1.82, 2.24) is 14.9 Å². The lowest BCUT2D eigenvalue weighted by Gasteiger charge is -2.35. The average molecular weight is 468 g/mol. The Kier molecular flexibility index (Phi) is 7.50. The first-order valence-electron chi connectivity index (χ1n) is 12.2. The molecule has 2 saturated heterocycles. The topological polar surface area (TPSA) is 90.8 Å². The van der Waals surface area contributed by atoms with Crippen molar-refractivity contribution in [2.75, 3.05) is 29.9 Å². The molecule has 1 unspecified atom stereocenters. The average Bonchev–Trinajstić information content (AvgIpc) is 3.26. The fourth-order valence-electron chi connectivity index (χ4n) is 4.67. The van der Waals surface area contributed by atoms with Crippen molar-refractivity contribution >= 4 is 18.1 Å². The maximum Gasteiger partial charge on any atom is 0.225 e. The number of likely N-dealkylation sites (tertiary alicyclic amines) is 1. The molecule has 0 saturated carbocycles. The van der Waals surface area contributed by atoms with Crippen LogP contribution in [0.4, 0.5) is 11.8 Å². The van der Waals surface area contributed by atoms with Crippen LogP contribution in [0.25, 0.3) is 0 Å². The van der Waals surface area contributed by atoms with E-state index in [9.17, 15) is 9.90 Å². The molecule has 0 radical (unpaired) electrons. The van der Waals surface area contributed by atoms with Crippen molar-refractivity contribution in [3.05, 3.63) is 47.7 Å². The minimum absolute atomic E-state index is 0.0203. The van der Waals surface area contributed by atoms with E-state index in [1.165, 1.54) is 5.56 Å². The van der Waals surface area contributed by atoms with Crippen LogP contribution >= 0.6 is 0 Å². The van der Waals surface area contributed by atoms with Crippen molar-refractivity contribution in [1.29, 1.82) is 0 Å². The summed E-state index contributed by atoms with van der Waals surface area (Å²) in [5.41, 5.74) is 1.89. The summed E-state index contributed by atoms with van der Waals surface area (Å²) in [6.45, 7) is 11.5. The van der Waals surface area contributed by atoms with Gasteiger partial charge in [0.15, 0.2) is 12.5 Å². The minimum atomic E-state index is -0.619. The van der Waals surface area contributed by atoms with Crippen molar-refractivity contribution in [3.63, 3.8) is 0 Å². The number of rotatable bonds is 8. The summed E-state index contributed by atoms with van der Waals surface area (Å²) in [6.07, 6.45) is 3.56. The predicted octanol–water partition coefficient (Wildman–Crippen LogP) is 3.38. The molecule has 2 N–H and O–H groups in total. The molecule has 34 heavy (non-hydrogen) atoms. The summed E-state index contributed by atoms with van der Waals surface area (Å²) in [5.74, 6) is 1.54. The Labute approximate surface area is 202 Å². The second kappa shape index (κ2) is 10.4. The number of aldehydes is 1. The Bertz CT molecular complexity index is 955. The van der Waals surface area contributed by atoms with Crippen LogP contribution in [0, 0.1) is 5.92 Å². The fourth-order valence-corrected chi connectivity index (χ4v) is 4.67. The second-order valence-electron chi connectivity index (χ2n) is 10.2. The van der Waals surface area contributed by atoms with Crippen LogP contribution in [0.1, 0.15) is 57.7 Å². The molecule has 8 nitrogen and oxygen atoms in total. The van der Waals surface area contributed by atoms with Crippen molar-refractivity contribution in [3.8, 4) is 0 Å². The molecule has 3 atom stereocenters. The summed E-state index contributed by atoms with van der Waals surface area (Å²) in [5, 5.41) is 13.5. The van der Waals surface area contributed by atoms with Crippen molar-refractivity contribution in [2.45, 2.75) is 71.0 Å². The molecular weight excluding hydrogens is 430 g/mol. The summed E-state index contributed by atoms with van der Waals surface area (Å²) < 4.78 is 5.67. The standard InChI is InChI=1S/C26H37N5O3/c1-18(2)22-17-34-24(16-32)31(22)23-9-12-27-25(29-23)28-19(3)21-7-5-20(6-8-21)15-30-13-10-26(4,33)11-14-30/h5-9,12,16,18-19,22,24,33H,10-11,13-15,17H2,1-4H3,(H,27,28,29)/t19-,22+,24?/m0/s1. The molecule has 2 aliphatic heterocycles. The third kappa shape index (κ3) is 5.74. The highest BCUT2D eigenvalue weighted by atomic mass is 16.5. The quantitative estimate of drug-likeness (QED) is 0.571. The van der Waals surface area contributed by atoms with Gasteiger partial charge in [0, 0.05) is 25.8 Å². The van der Waals surface area contributed by atoms with Crippen LogP contribution in [-0.4, -0.2) is 63.8 Å². The van der Waals surface area contributed by atoms with Gasteiger partial charge >= 0.3 is 0 Å².